The van der Waals surface area contributed by atoms with Crippen LogP contribution in [0, 0.1) is 0 Å². The van der Waals surface area contributed by atoms with E-state index in [2.05, 4.69) is 24.4 Å². The van der Waals surface area contributed by atoms with Gasteiger partial charge in [0.15, 0.2) is 0 Å². The number of hydrogen-bond donors (Lipinski definition) is 1. The minimum absolute atomic E-state index is 0.450. The molecule has 0 atom stereocenters. The molecule has 1 N–H and O–H groups in total. The van der Waals surface area contributed by atoms with Crippen LogP contribution < -0.4 is 10.1 Å². The minimum Gasteiger partial charge on any atom is -0.486 e. The highest BCUT2D eigenvalue weighted by atomic mass is 16.5. The Bertz CT molecular complexity index is 519. The highest BCUT2D eigenvalue weighted by molar-refractivity contribution is 5.28. The van der Waals surface area contributed by atoms with E-state index in [-0.39, 0.29) is 0 Å². The monoisotopic (exact) mass is 289 g/mol. The highest BCUT2D eigenvalue weighted by Crippen LogP contribution is 2.17. The van der Waals surface area contributed by atoms with Crippen molar-refractivity contribution in [2.24, 2.45) is 0 Å². The third kappa shape index (κ3) is 4.92. The maximum Gasteiger partial charge on any atom is 0.146 e. The summed E-state index contributed by atoms with van der Waals surface area (Å²) in [7, 11) is 1.71. The van der Waals surface area contributed by atoms with Crippen LogP contribution >= 0.6 is 0 Å². The normalized spacial score (nSPS) is 10.8. The molecule has 1 aromatic heterocycles. The molecule has 0 bridgehead atoms. The lowest BCUT2D eigenvalue weighted by Gasteiger charge is -2.07. The van der Waals surface area contributed by atoms with E-state index >= 15 is 0 Å². The van der Waals surface area contributed by atoms with Gasteiger partial charge in [-0.2, -0.15) is 0 Å². The number of rotatable bonds is 9. The van der Waals surface area contributed by atoms with Crippen molar-refractivity contribution < 1.29 is 13.9 Å². The molecule has 4 nitrogen and oxygen atoms in total. The molecule has 0 saturated heterocycles. The average molecular weight is 289 g/mol. The van der Waals surface area contributed by atoms with E-state index in [1.54, 1.807) is 13.4 Å². The molecule has 0 spiro atoms. The van der Waals surface area contributed by atoms with Crippen LogP contribution in [0.2, 0.25) is 0 Å². The zero-order valence-corrected chi connectivity index (χ0v) is 12.7. The van der Waals surface area contributed by atoms with E-state index in [9.17, 15) is 0 Å². The third-order valence-electron chi connectivity index (χ3n) is 3.29. The van der Waals surface area contributed by atoms with Gasteiger partial charge in [0.2, 0.25) is 0 Å². The largest absolute Gasteiger partial charge is 0.486 e. The number of benzene rings is 1. The molecule has 21 heavy (non-hydrogen) atoms. The summed E-state index contributed by atoms with van der Waals surface area (Å²) in [6.07, 6.45) is 2.63. The fourth-order valence-corrected chi connectivity index (χ4v) is 2.03. The Morgan fingerprint density at radius 3 is 2.67 bits per heavy atom. The average Bonchev–Trinajstić information content (AvgIpc) is 2.97. The van der Waals surface area contributed by atoms with Gasteiger partial charge in [-0.3, -0.25) is 0 Å². The van der Waals surface area contributed by atoms with Crippen molar-refractivity contribution in [1.29, 1.82) is 0 Å². The summed E-state index contributed by atoms with van der Waals surface area (Å²) in [6.45, 7) is 5.02. The summed E-state index contributed by atoms with van der Waals surface area (Å²) in [5, 5.41) is 3.29. The zero-order chi connectivity index (χ0) is 14.9. The van der Waals surface area contributed by atoms with Gasteiger partial charge in [-0.25, -0.2) is 0 Å². The molecule has 0 amide bonds. The second-order valence-corrected chi connectivity index (χ2v) is 4.82. The summed E-state index contributed by atoms with van der Waals surface area (Å²) in [5.74, 6) is 1.72. The molecule has 0 aliphatic rings. The van der Waals surface area contributed by atoms with Gasteiger partial charge in [-0.1, -0.05) is 19.1 Å². The number of ether oxygens (including phenoxy) is 2. The first-order chi connectivity index (χ1) is 10.3. The summed E-state index contributed by atoms with van der Waals surface area (Å²) in [5.41, 5.74) is 2.39. The van der Waals surface area contributed by atoms with E-state index in [4.69, 9.17) is 13.9 Å². The summed E-state index contributed by atoms with van der Waals surface area (Å²) >= 11 is 0. The lowest BCUT2D eigenvalue weighted by atomic mass is 10.1. The van der Waals surface area contributed by atoms with Crippen LogP contribution in [-0.4, -0.2) is 20.3 Å². The quantitative estimate of drug-likeness (QED) is 0.770. The number of furan rings is 1. The number of nitrogens with one attached hydrogen (secondary N) is 1. The smallest absolute Gasteiger partial charge is 0.146 e. The van der Waals surface area contributed by atoms with Crippen LogP contribution in [-0.2, 0) is 24.3 Å². The van der Waals surface area contributed by atoms with Crippen molar-refractivity contribution in [2.45, 2.75) is 26.5 Å². The molecule has 0 aliphatic heterocycles. The Morgan fingerprint density at radius 1 is 1.14 bits per heavy atom. The Labute approximate surface area is 126 Å². The minimum atomic E-state index is 0.450. The first-order valence-electron chi connectivity index (χ1n) is 7.30. The van der Waals surface area contributed by atoms with Crippen molar-refractivity contribution in [1.82, 2.24) is 5.32 Å². The van der Waals surface area contributed by atoms with Gasteiger partial charge in [0.05, 0.1) is 12.9 Å². The fraction of sp³-hybridized carbons (Fsp3) is 0.412. The van der Waals surface area contributed by atoms with Crippen molar-refractivity contribution in [2.75, 3.05) is 20.3 Å². The molecule has 114 valence electrons. The predicted octanol–water partition coefficient (Wildman–Crippen LogP) is 3.16. The maximum atomic E-state index is 5.78. The van der Waals surface area contributed by atoms with Gasteiger partial charge >= 0.3 is 0 Å². The predicted molar refractivity (Wildman–Crippen MR) is 82.4 cm³/mol. The summed E-state index contributed by atoms with van der Waals surface area (Å²) < 4.78 is 16.3. The van der Waals surface area contributed by atoms with Gasteiger partial charge in [-0.05, 0) is 36.7 Å². The van der Waals surface area contributed by atoms with Gasteiger partial charge in [-0.15, -0.1) is 0 Å². The first kappa shape index (κ1) is 15.6. The molecule has 0 saturated carbocycles. The molecule has 1 aromatic carbocycles. The van der Waals surface area contributed by atoms with Crippen LogP contribution in [0.5, 0.6) is 5.75 Å². The summed E-state index contributed by atoms with van der Waals surface area (Å²) in [4.78, 5) is 0. The van der Waals surface area contributed by atoms with Crippen molar-refractivity contribution >= 4 is 0 Å². The van der Waals surface area contributed by atoms with Gasteiger partial charge in [0.1, 0.15) is 18.1 Å². The molecule has 0 radical (unpaired) electrons. The molecular weight excluding hydrogens is 266 g/mol. The van der Waals surface area contributed by atoms with Crippen LogP contribution in [0.4, 0.5) is 0 Å². The highest BCUT2D eigenvalue weighted by Gasteiger charge is 2.06. The molecule has 0 unspecified atom stereocenters. The second kappa shape index (κ2) is 8.49. The van der Waals surface area contributed by atoms with E-state index in [1.165, 1.54) is 5.56 Å². The van der Waals surface area contributed by atoms with Gasteiger partial charge in [0, 0.05) is 19.2 Å². The number of hydrogen-bond acceptors (Lipinski definition) is 4. The van der Waals surface area contributed by atoms with Crippen molar-refractivity contribution in [3.05, 3.63) is 53.5 Å². The lowest BCUT2D eigenvalue weighted by molar-refractivity contribution is 0.202. The topological polar surface area (TPSA) is 43.6 Å². The van der Waals surface area contributed by atoms with E-state index in [0.717, 1.165) is 43.2 Å². The Morgan fingerprint density at radius 2 is 1.95 bits per heavy atom. The standard InChI is InChI=1S/C17H23NO3/c1-3-18-12-15-9-11-20-17(15)13-21-16-6-4-14(5-7-16)8-10-19-2/h4-7,9,11,18H,3,8,10,12-13H2,1-2H3. The molecular formula is C17H23NO3. The van der Waals surface area contributed by atoms with Crippen LogP contribution in [0.3, 0.4) is 0 Å². The first-order valence-corrected chi connectivity index (χ1v) is 7.30. The molecule has 0 aliphatic carbocycles. The van der Waals surface area contributed by atoms with E-state index in [1.807, 2.05) is 18.2 Å². The molecule has 4 heteroatoms. The number of methoxy groups -OCH3 is 1. The van der Waals surface area contributed by atoms with E-state index in [0.29, 0.717) is 6.61 Å². The summed E-state index contributed by atoms with van der Waals surface area (Å²) in [6, 6.07) is 10.1. The Kier molecular flexibility index (Phi) is 6.31. The molecule has 0 fully saturated rings. The molecule has 1 heterocycles. The van der Waals surface area contributed by atoms with Crippen molar-refractivity contribution in [3.63, 3.8) is 0 Å². The van der Waals surface area contributed by atoms with Crippen molar-refractivity contribution in [3.8, 4) is 5.75 Å². The van der Waals surface area contributed by atoms with Gasteiger partial charge < -0.3 is 19.2 Å². The zero-order valence-electron chi connectivity index (χ0n) is 12.7. The Hall–Kier alpha value is -1.78. The van der Waals surface area contributed by atoms with E-state index < -0.39 is 0 Å². The molecule has 2 rings (SSSR count). The second-order valence-electron chi connectivity index (χ2n) is 4.82. The Balaban J connectivity index is 1.86. The van der Waals surface area contributed by atoms with Crippen LogP contribution in [0.1, 0.15) is 23.8 Å². The van der Waals surface area contributed by atoms with Crippen LogP contribution in [0.15, 0.2) is 41.0 Å². The van der Waals surface area contributed by atoms with Crippen LogP contribution in [0.25, 0.3) is 0 Å². The fourth-order valence-electron chi connectivity index (χ4n) is 2.03. The maximum absolute atomic E-state index is 5.78. The lowest BCUT2D eigenvalue weighted by Crippen LogP contribution is -2.12. The SMILES string of the molecule is CCNCc1ccoc1COc1ccc(CCOC)cc1. The molecule has 2 aromatic rings. The van der Waals surface area contributed by atoms with Gasteiger partial charge in [0.25, 0.3) is 0 Å². The third-order valence-corrected chi connectivity index (χ3v) is 3.29.